The van der Waals surface area contributed by atoms with Crippen molar-refractivity contribution < 1.29 is 0 Å². The van der Waals surface area contributed by atoms with Gasteiger partial charge in [-0.1, -0.05) is 31.5 Å². The van der Waals surface area contributed by atoms with Crippen molar-refractivity contribution in [2.75, 3.05) is 0 Å². The van der Waals surface area contributed by atoms with Gasteiger partial charge in [0.1, 0.15) is 5.82 Å². The van der Waals surface area contributed by atoms with E-state index in [1.54, 1.807) is 0 Å². The normalized spacial score (nSPS) is 10.9. The summed E-state index contributed by atoms with van der Waals surface area (Å²) in [5.74, 6) is 0.811. The Morgan fingerprint density at radius 2 is 2.00 bits per heavy atom. The lowest BCUT2D eigenvalue weighted by Gasteiger charge is -2.11. The molecule has 20 heavy (non-hydrogen) atoms. The van der Waals surface area contributed by atoms with E-state index in [4.69, 9.17) is 0 Å². The molecule has 0 aliphatic carbocycles. The molecule has 0 aliphatic rings. The van der Waals surface area contributed by atoms with Crippen LogP contribution in [-0.4, -0.2) is 15.0 Å². The van der Waals surface area contributed by atoms with Crippen molar-refractivity contribution in [1.29, 1.82) is 0 Å². The summed E-state index contributed by atoms with van der Waals surface area (Å²) in [6, 6.07) is 8.33. The number of hydrogen-bond donors (Lipinski definition) is 0. The second-order valence-electron chi connectivity index (χ2n) is 4.94. The highest BCUT2D eigenvalue weighted by Crippen LogP contribution is 2.29. The van der Waals surface area contributed by atoms with Gasteiger partial charge in [0.2, 0.25) is 0 Å². The van der Waals surface area contributed by atoms with Crippen LogP contribution in [0.1, 0.15) is 24.7 Å². The van der Waals surface area contributed by atoms with Crippen molar-refractivity contribution >= 4 is 10.8 Å². The second kappa shape index (κ2) is 5.37. The molecule has 0 atom stereocenters. The molecule has 0 aliphatic heterocycles. The number of hydrogen-bond acceptors (Lipinski definition) is 3. The molecule has 0 saturated carbocycles. The van der Waals surface area contributed by atoms with Crippen LogP contribution in [0.4, 0.5) is 0 Å². The van der Waals surface area contributed by atoms with Crippen LogP contribution in [0.3, 0.4) is 0 Å². The van der Waals surface area contributed by atoms with Crippen LogP contribution >= 0.6 is 0 Å². The third-order valence-corrected chi connectivity index (χ3v) is 3.44. The highest BCUT2D eigenvalue weighted by molar-refractivity contribution is 5.95. The predicted molar refractivity (Wildman–Crippen MR) is 81.5 cm³/mol. The van der Waals surface area contributed by atoms with Gasteiger partial charge < -0.3 is 0 Å². The van der Waals surface area contributed by atoms with Crippen molar-refractivity contribution in [3.05, 3.63) is 54.2 Å². The molecule has 3 aromatic rings. The van der Waals surface area contributed by atoms with Crippen molar-refractivity contribution in [3.8, 4) is 11.3 Å². The van der Waals surface area contributed by atoms with Crippen LogP contribution < -0.4 is 0 Å². The smallest absolute Gasteiger partial charge is 0.125 e. The lowest BCUT2D eigenvalue weighted by atomic mass is 9.99. The van der Waals surface area contributed by atoms with E-state index < -0.39 is 0 Å². The Bertz CT molecular complexity index is 745. The fourth-order valence-electron chi connectivity index (χ4n) is 2.51. The number of pyridine rings is 1. The van der Waals surface area contributed by atoms with Gasteiger partial charge in [0, 0.05) is 29.5 Å². The molecule has 3 nitrogen and oxygen atoms in total. The predicted octanol–water partition coefficient (Wildman–Crippen LogP) is 3.95. The molecule has 3 rings (SSSR count). The Balaban J connectivity index is 2.27. The van der Waals surface area contributed by atoms with Crippen molar-refractivity contribution in [3.63, 3.8) is 0 Å². The van der Waals surface area contributed by atoms with Gasteiger partial charge in [-0.05, 0) is 30.4 Å². The minimum atomic E-state index is 0.811. The molecule has 0 saturated heterocycles. The van der Waals surface area contributed by atoms with E-state index in [1.165, 1.54) is 16.5 Å². The molecule has 0 fully saturated rings. The summed E-state index contributed by atoms with van der Waals surface area (Å²) in [6.45, 7) is 4.11. The quantitative estimate of drug-likeness (QED) is 0.718. The zero-order valence-corrected chi connectivity index (χ0v) is 11.8. The van der Waals surface area contributed by atoms with Crippen LogP contribution in [0.2, 0.25) is 0 Å². The first-order chi connectivity index (χ1) is 9.79. The zero-order valence-electron chi connectivity index (χ0n) is 11.8. The molecule has 2 heterocycles. The topological polar surface area (TPSA) is 38.7 Å². The number of rotatable bonds is 3. The maximum Gasteiger partial charge on any atom is 0.125 e. The molecule has 0 bridgehead atoms. The molecule has 1 aromatic carbocycles. The largest absolute Gasteiger partial charge is 0.264 e. The molecule has 0 spiro atoms. The Hall–Kier alpha value is -2.29. The summed E-state index contributed by atoms with van der Waals surface area (Å²) in [6.07, 6.45) is 7.77. The number of aryl methyl sites for hydroxylation is 2. The fraction of sp³-hybridized carbons (Fsp3) is 0.235. The fourth-order valence-corrected chi connectivity index (χ4v) is 2.51. The zero-order chi connectivity index (χ0) is 13.9. The average molecular weight is 263 g/mol. The first-order valence-electron chi connectivity index (χ1n) is 6.95. The van der Waals surface area contributed by atoms with E-state index in [2.05, 4.69) is 46.1 Å². The van der Waals surface area contributed by atoms with Gasteiger partial charge in [-0.3, -0.25) is 4.98 Å². The van der Waals surface area contributed by atoms with E-state index in [0.29, 0.717) is 0 Å². The van der Waals surface area contributed by atoms with Crippen LogP contribution in [-0.2, 0) is 6.42 Å². The first kappa shape index (κ1) is 12.7. The molecular formula is C17H17N3. The highest BCUT2D eigenvalue weighted by Gasteiger charge is 2.10. The summed E-state index contributed by atoms with van der Waals surface area (Å²) in [5.41, 5.74) is 3.43. The minimum absolute atomic E-state index is 0.811. The molecule has 100 valence electrons. The van der Waals surface area contributed by atoms with Gasteiger partial charge in [-0.2, -0.15) is 0 Å². The lowest BCUT2D eigenvalue weighted by Crippen LogP contribution is -1.98. The highest BCUT2D eigenvalue weighted by atomic mass is 14.9. The van der Waals surface area contributed by atoms with Gasteiger partial charge in [0.15, 0.2) is 0 Å². The summed E-state index contributed by atoms with van der Waals surface area (Å²) in [5, 5.41) is 2.33. The molecule has 0 N–H and O–H groups in total. The maximum atomic E-state index is 4.68. The van der Waals surface area contributed by atoms with Crippen LogP contribution in [0.5, 0.6) is 0 Å². The number of fused-ring (bicyclic) bond motifs is 1. The van der Waals surface area contributed by atoms with E-state index in [0.717, 1.165) is 29.7 Å². The Labute approximate surface area is 118 Å². The summed E-state index contributed by atoms with van der Waals surface area (Å²) in [4.78, 5) is 13.2. The van der Waals surface area contributed by atoms with Crippen LogP contribution in [0.15, 0.2) is 42.9 Å². The third-order valence-electron chi connectivity index (χ3n) is 3.44. The summed E-state index contributed by atoms with van der Waals surface area (Å²) >= 11 is 0. The molecule has 3 heteroatoms. The molecule has 0 radical (unpaired) electrons. The molecule has 0 amide bonds. The number of aromatic nitrogens is 3. The maximum absolute atomic E-state index is 4.68. The molecule has 2 aromatic heterocycles. The van der Waals surface area contributed by atoms with Crippen molar-refractivity contribution in [2.45, 2.75) is 26.7 Å². The minimum Gasteiger partial charge on any atom is -0.264 e. The van der Waals surface area contributed by atoms with Gasteiger partial charge >= 0.3 is 0 Å². The standard InChI is InChI=1S/C17H17N3/c1-3-5-14-11-19-12(2)20-17(14)16-7-4-6-13-10-18-9-8-15(13)16/h4,6-11H,3,5H2,1-2H3. The van der Waals surface area contributed by atoms with E-state index >= 15 is 0 Å². The summed E-state index contributed by atoms with van der Waals surface area (Å²) < 4.78 is 0. The lowest BCUT2D eigenvalue weighted by molar-refractivity contribution is 0.894. The van der Waals surface area contributed by atoms with Gasteiger partial charge in [0.25, 0.3) is 0 Å². The summed E-state index contributed by atoms with van der Waals surface area (Å²) in [7, 11) is 0. The van der Waals surface area contributed by atoms with E-state index in [9.17, 15) is 0 Å². The number of benzene rings is 1. The van der Waals surface area contributed by atoms with Crippen molar-refractivity contribution in [2.24, 2.45) is 0 Å². The van der Waals surface area contributed by atoms with E-state index in [1.807, 2.05) is 25.5 Å². The van der Waals surface area contributed by atoms with Crippen LogP contribution in [0.25, 0.3) is 22.0 Å². The average Bonchev–Trinajstić information content (AvgIpc) is 2.49. The SMILES string of the molecule is CCCc1cnc(C)nc1-c1cccc2cnccc12. The molecular weight excluding hydrogens is 246 g/mol. The Kier molecular flexibility index (Phi) is 3.42. The van der Waals surface area contributed by atoms with Crippen LogP contribution in [0, 0.1) is 6.92 Å². The Morgan fingerprint density at radius 3 is 2.85 bits per heavy atom. The number of nitrogens with zero attached hydrogens (tertiary/aromatic N) is 3. The van der Waals surface area contributed by atoms with Gasteiger partial charge in [-0.25, -0.2) is 9.97 Å². The monoisotopic (exact) mass is 263 g/mol. The first-order valence-corrected chi connectivity index (χ1v) is 6.95. The third kappa shape index (κ3) is 2.27. The van der Waals surface area contributed by atoms with Gasteiger partial charge in [0.05, 0.1) is 5.69 Å². The van der Waals surface area contributed by atoms with Gasteiger partial charge in [-0.15, -0.1) is 0 Å². The van der Waals surface area contributed by atoms with Crippen molar-refractivity contribution in [1.82, 2.24) is 15.0 Å². The second-order valence-corrected chi connectivity index (χ2v) is 4.94. The van der Waals surface area contributed by atoms with E-state index in [-0.39, 0.29) is 0 Å². The Morgan fingerprint density at radius 1 is 1.10 bits per heavy atom. The molecule has 0 unspecified atom stereocenters.